The van der Waals surface area contributed by atoms with Crippen molar-refractivity contribution in [3.05, 3.63) is 65.1 Å². The van der Waals surface area contributed by atoms with E-state index in [0.29, 0.717) is 16.8 Å². The van der Waals surface area contributed by atoms with E-state index in [4.69, 9.17) is 4.74 Å². The highest BCUT2D eigenvalue weighted by atomic mass is 16.6. The number of ether oxygens (including phenoxy) is 1. The number of nitrogens with one attached hydrogen (secondary N) is 3. The molecule has 4 rings (SSSR count). The molecule has 0 spiro atoms. The summed E-state index contributed by atoms with van der Waals surface area (Å²) in [6.45, 7) is 3.96. The zero-order valence-corrected chi connectivity index (χ0v) is 16.4. The number of carbonyl (C=O) groups is 1. The van der Waals surface area contributed by atoms with Crippen molar-refractivity contribution in [2.45, 2.75) is 32.8 Å². The third-order valence-corrected chi connectivity index (χ3v) is 5.16. The van der Waals surface area contributed by atoms with Gasteiger partial charge in [-0.15, -0.1) is 0 Å². The maximum Gasteiger partial charge on any atom is 0.411 e. The van der Waals surface area contributed by atoms with Crippen molar-refractivity contribution >= 4 is 33.6 Å². The van der Waals surface area contributed by atoms with Crippen LogP contribution in [0.1, 0.15) is 26.7 Å². The standard InChI is InChI=1S/C23H23N3O3/c1-3-16(4-2)29-23(28)25-15-10-9-14-11-18(22(27)26-21(14)12-15)19-13-24-20-8-6-5-7-17(19)20/h5-13,16,24H,3-4H2,1-2H3,(H,25,28)(H,26,27). The molecule has 3 N–H and O–H groups in total. The first-order chi connectivity index (χ1) is 14.1. The predicted octanol–water partition coefficient (Wildman–Crippen LogP) is 5.41. The SMILES string of the molecule is CCC(CC)OC(=O)Nc1ccc2cc(-c3c[nH]c4ccccc34)c(=O)[nH]c2c1. The Kier molecular flexibility index (Phi) is 5.08. The number of fused-ring (bicyclic) bond motifs is 2. The van der Waals surface area contributed by atoms with Crippen LogP contribution in [-0.4, -0.2) is 22.2 Å². The summed E-state index contributed by atoms with van der Waals surface area (Å²) >= 11 is 0. The minimum absolute atomic E-state index is 0.103. The van der Waals surface area contributed by atoms with Crippen molar-refractivity contribution in [2.24, 2.45) is 0 Å². The zero-order valence-electron chi connectivity index (χ0n) is 16.4. The summed E-state index contributed by atoms with van der Waals surface area (Å²) in [5.74, 6) is 0. The maximum absolute atomic E-state index is 12.8. The van der Waals surface area contributed by atoms with E-state index in [1.165, 1.54) is 0 Å². The third kappa shape index (κ3) is 3.74. The van der Waals surface area contributed by atoms with Crippen LogP contribution < -0.4 is 10.9 Å². The number of aromatic nitrogens is 2. The van der Waals surface area contributed by atoms with Crippen molar-refractivity contribution in [1.29, 1.82) is 0 Å². The van der Waals surface area contributed by atoms with Gasteiger partial charge in [-0.25, -0.2) is 4.79 Å². The van der Waals surface area contributed by atoms with Gasteiger partial charge in [0.05, 0.1) is 5.52 Å². The highest BCUT2D eigenvalue weighted by Crippen LogP contribution is 2.28. The van der Waals surface area contributed by atoms with Gasteiger partial charge in [0.2, 0.25) is 0 Å². The molecule has 0 saturated heterocycles. The second-order valence-electron chi connectivity index (χ2n) is 7.03. The van der Waals surface area contributed by atoms with Crippen molar-refractivity contribution in [1.82, 2.24) is 9.97 Å². The molecule has 2 aromatic heterocycles. The molecule has 6 heteroatoms. The lowest BCUT2D eigenvalue weighted by Crippen LogP contribution is -2.21. The quantitative estimate of drug-likeness (QED) is 0.426. The number of benzene rings is 2. The first-order valence-electron chi connectivity index (χ1n) is 9.80. The topological polar surface area (TPSA) is 87.0 Å². The number of hydrogen-bond donors (Lipinski definition) is 3. The lowest BCUT2D eigenvalue weighted by atomic mass is 10.0. The van der Waals surface area contributed by atoms with Crippen molar-refractivity contribution in [3.8, 4) is 11.1 Å². The minimum atomic E-state index is -0.490. The van der Waals surface area contributed by atoms with Gasteiger partial charge in [0, 0.05) is 33.9 Å². The van der Waals surface area contributed by atoms with Crippen LogP contribution in [0.2, 0.25) is 0 Å². The van der Waals surface area contributed by atoms with Crippen LogP contribution in [0.4, 0.5) is 10.5 Å². The normalized spacial score (nSPS) is 11.3. The van der Waals surface area contributed by atoms with Gasteiger partial charge < -0.3 is 14.7 Å². The smallest absolute Gasteiger partial charge is 0.411 e. The number of H-pyrrole nitrogens is 2. The minimum Gasteiger partial charge on any atom is -0.446 e. The summed E-state index contributed by atoms with van der Waals surface area (Å²) in [6.07, 6.45) is 2.80. The van der Waals surface area contributed by atoms with Gasteiger partial charge >= 0.3 is 6.09 Å². The fraction of sp³-hybridized carbons (Fsp3) is 0.217. The Morgan fingerprint density at radius 3 is 2.62 bits per heavy atom. The second kappa shape index (κ2) is 7.83. The number of amides is 1. The second-order valence-corrected chi connectivity index (χ2v) is 7.03. The number of anilines is 1. The number of rotatable bonds is 5. The molecule has 0 saturated carbocycles. The van der Waals surface area contributed by atoms with E-state index in [-0.39, 0.29) is 11.7 Å². The van der Waals surface area contributed by atoms with Crippen LogP contribution in [-0.2, 0) is 4.74 Å². The molecule has 2 aromatic carbocycles. The van der Waals surface area contributed by atoms with Gasteiger partial charge in [-0.05, 0) is 42.5 Å². The molecule has 148 valence electrons. The van der Waals surface area contributed by atoms with Gasteiger partial charge in [-0.3, -0.25) is 10.1 Å². The van der Waals surface area contributed by atoms with Gasteiger partial charge in [0.15, 0.2) is 0 Å². The number of hydrogen-bond acceptors (Lipinski definition) is 3. The summed E-state index contributed by atoms with van der Waals surface area (Å²) in [6, 6.07) is 15.2. The summed E-state index contributed by atoms with van der Waals surface area (Å²) in [5.41, 5.74) is 3.49. The Balaban J connectivity index is 1.65. The average Bonchev–Trinajstić information content (AvgIpc) is 3.15. The van der Waals surface area contributed by atoms with E-state index in [2.05, 4.69) is 15.3 Å². The van der Waals surface area contributed by atoms with Crippen LogP contribution in [0.5, 0.6) is 0 Å². The molecular formula is C23H23N3O3. The van der Waals surface area contributed by atoms with Crippen molar-refractivity contribution < 1.29 is 9.53 Å². The molecule has 29 heavy (non-hydrogen) atoms. The highest BCUT2D eigenvalue weighted by Gasteiger charge is 2.13. The van der Waals surface area contributed by atoms with Crippen LogP contribution in [0.3, 0.4) is 0 Å². The molecule has 0 radical (unpaired) electrons. The average molecular weight is 389 g/mol. The van der Waals surface area contributed by atoms with Crippen LogP contribution in [0.15, 0.2) is 59.5 Å². The van der Waals surface area contributed by atoms with Crippen molar-refractivity contribution in [2.75, 3.05) is 5.32 Å². The Bertz CT molecular complexity index is 1240. The van der Waals surface area contributed by atoms with Gasteiger partial charge in [0.25, 0.3) is 5.56 Å². The number of carbonyl (C=O) groups excluding carboxylic acids is 1. The predicted molar refractivity (Wildman–Crippen MR) is 116 cm³/mol. The molecule has 4 aromatic rings. The molecular weight excluding hydrogens is 366 g/mol. The van der Waals surface area contributed by atoms with Crippen LogP contribution >= 0.6 is 0 Å². The number of pyridine rings is 1. The molecule has 0 aliphatic heterocycles. The highest BCUT2D eigenvalue weighted by molar-refractivity contribution is 5.98. The molecule has 1 amide bonds. The van der Waals surface area contributed by atoms with Crippen LogP contribution in [0, 0.1) is 0 Å². The maximum atomic E-state index is 12.8. The first kappa shape index (κ1) is 18.8. The molecule has 0 aliphatic carbocycles. The number of aromatic amines is 2. The van der Waals surface area contributed by atoms with Gasteiger partial charge in [0.1, 0.15) is 6.10 Å². The molecule has 0 fully saturated rings. The summed E-state index contributed by atoms with van der Waals surface area (Å²) in [5, 5.41) is 4.61. The van der Waals surface area contributed by atoms with Gasteiger partial charge in [-0.2, -0.15) is 0 Å². The van der Waals surface area contributed by atoms with E-state index < -0.39 is 6.09 Å². The van der Waals surface area contributed by atoms with E-state index in [9.17, 15) is 9.59 Å². The molecule has 0 bridgehead atoms. The summed E-state index contributed by atoms with van der Waals surface area (Å²) in [7, 11) is 0. The Hall–Kier alpha value is -3.54. The third-order valence-electron chi connectivity index (χ3n) is 5.16. The van der Waals surface area contributed by atoms with Crippen molar-refractivity contribution in [3.63, 3.8) is 0 Å². The molecule has 0 aliphatic rings. The zero-order chi connectivity index (χ0) is 20.4. The fourth-order valence-corrected chi connectivity index (χ4v) is 3.53. The molecule has 0 atom stereocenters. The first-order valence-corrected chi connectivity index (χ1v) is 9.80. The van der Waals surface area contributed by atoms with E-state index in [1.807, 2.05) is 56.4 Å². The largest absolute Gasteiger partial charge is 0.446 e. The Labute approximate surface area is 167 Å². The summed E-state index contributed by atoms with van der Waals surface area (Å²) in [4.78, 5) is 30.9. The molecule has 2 heterocycles. The Morgan fingerprint density at radius 2 is 1.83 bits per heavy atom. The monoisotopic (exact) mass is 389 g/mol. The summed E-state index contributed by atoms with van der Waals surface area (Å²) < 4.78 is 5.37. The van der Waals surface area contributed by atoms with Gasteiger partial charge in [-0.1, -0.05) is 38.1 Å². The molecule has 6 nitrogen and oxygen atoms in total. The molecule has 0 unspecified atom stereocenters. The van der Waals surface area contributed by atoms with E-state index >= 15 is 0 Å². The fourth-order valence-electron chi connectivity index (χ4n) is 3.53. The van der Waals surface area contributed by atoms with E-state index in [1.54, 1.807) is 12.1 Å². The Morgan fingerprint density at radius 1 is 1.03 bits per heavy atom. The van der Waals surface area contributed by atoms with Crippen LogP contribution in [0.25, 0.3) is 32.9 Å². The lowest BCUT2D eigenvalue weighted by Gasteiger charge is -2.14. The lowest BCUT2D eigenvalue weighted by molar-refractivity contribution is 0.106. The van der Waals surface area contributed by atoms with E-state index in [0.717, 1.165) is 34.7 Å². The number of para-hydroxylation sites is 1.